The van der Waals surface area contributed by atoms with Gasteiger partial charge >= 0.3 is 5.97 Å². The van der Waals surface area contributed by atoms with E-state index in [1.165, 1.54) is 14.2 Å². The summed E-state index contributed by atoms with van der Waals surface area (Å²) in [4.78, 5) is 30.5. The van der Waals surface area contributed by atoms with Crippen molar-refractivity contribution < 1.29 is 23.8 Å². The molecule has 0 amide bonds. The third kappa shape index (κ3) is 3.73. The quantitative estimate of drug-likeness (QED) is 0.453. The summed E-state index contributed by atoms with van der Waals surface area (Å²) in [5.74, 6) is 0.125. The van der Waals surface area contributed by atoms with E-state index in [0.29, 0.717) is 22.6 Å². The first-order valence-electron chi connectivity index (χ1n) is 9.95. The lowest BCUT2D eigenvalue weighted by atomic mass is 9.90. The normalized spacial score (nSPS) is 12.9. The van der Waals surface area contributed by atoms with Crippen molar-refractivity contribution in [2.24, 2.45) is 0 Å². The highest BCUT2D eigenvalue weighted by molar-refractivity contribution is 6.07. The Morgan fingerprint density at radius 3 is 2.60 bits per heavy atom. The zero-order valence-corrected chi connectivity index (χ0v) is 17.1. The average Bonchev–Trinajstić information content (AvgIpc) is 2.80. The van der Waals surface area contributed by atoms with Crippen LogP contribution in [0.25, 0.3) is 10.9 Å². The molecule has 0 aliphatic heterocycles. The number of aromatic nitrogens is 1. The monoisotopic (exact) mass is 405 g/mol. The largest absolute Gasteiger partial charge is 0.497 e. The zero-order chi connectivity index (χ0) is 21.1. The number of carbonyl (C=O) groups is 2. The maximum atomic E-state index is 13.1. The topological polar surface area (TPSA) is 74.7 Å². The number of hydrogen-bond donors (Lipinski definition) is 0. The molecule has 2 aromatic carbocycles. The molecule has 0 saturated heterocycles. The van der Waals surface area contributed by atoms with E-state index in [0.717, 1.165) is 47.8 Å². The summed E-state index contributed by atoms with van der Waals surface area (Å²) in [7, 11) is 3.02. The smallest absolute Gasteiger partial charge is 0.339 e. The number of Topliss-reactive ketones (excluding diaryl/α,β-unsaturated/α-hetero) is 1. The van der Waals surface area contributed by atoms with Crippen LogP contribution in [0.4, 0.5) is 0 Å². The minimum atomic E-state index is -0.493. The number of ketones is 1. The molecule has 6 heteroatoms. The van der Waals surface area contributed by atoms with Crippen LogP contribution in [-0.4, -0.2) is 37.6 Å². The number of carbonyl (C=O) groups excluding carboxylic acids is 2. The molecule has 1 heterocycles. The van der Waals surface area contributed by atoms with Crippen LogP contribution in [0.15, 0.2) is 42.5 Å². The number of benzene rings is 2. The molecule has 1 aliphatic carbocycles. The number of ether oxygens (including phenoxy) is 3. The summed E-state index contributed by atoms with van der Waals surface area (Å²) < 4.78 is 15.9. The van der Waals surface area contributed by atoms with E-state index in [-0.39, 0.29) is 12.4 Å². The molecule has 6 nitrogen and oxygen atoms in total. The van der Waals surface area contributed by atoms with Crippen LogP contribution in [0, 0.1) is 0 Å². The van der Waals surface area contributed by atoms with Crippen molar-refractivity contribution in [1.82, 2.24) is 4.98 Å². The van der Waals surface area contributed by atoms with E-state index in [1.807, 2.05) is 24.3 Å². The summed E-state index contributed by atoms with van der Waals surface area (Å²) in [6.07, 6.45) is 3.71. The molecule has 3 aromatic rings. The second kappa shape index (κ2) is 8.53. The fraction of sp³-hybridized carbons (Fsp3) is 0.292. The van der Waals surface area contributed by atoms with Gasteiger partial charge in [-0.15, -0.1) is 0 Å². The fourth-order valence-corrected chi connectivity index (χ4v) is 3.92. The van der Waals surface area contributed by atoms with E-state index in [2.05, 4.69) is 0 Å². The molecule has 0 unspecified atom stereocenters. The van der Waals surface area contributed by atoms with Gasteiger partial charge in [0.15, 0.2) is 6.61 Å². The summed E-state index contributed by atoms with van der Waals surface area (Å²) >= 11 is 0. The van der Waals surface area contributed by atoms with Gasteiger partial charge in [0.05, 0.1) is 30.9 Å². The Kier molecular flexibility index (Phi) is 5.65. The van der Waals surface area contributed by atoms with Crippen molar-refractivity contribution >= 4 is 22.7 Å². The first-order valence-corrected chi connectivity index (χ1v) is 9.95. The molecule has 0 fully saturated rings. The van der Waals surface area contributed by atoms with Crippen LogP contribution in [0.1, 0.15) is 44.8 Å². The van der Waals surface area contributed by atoms with Crippen LogP contribution < -0.4 is 9.47 Å². The Labute approximate surface area is 174 Å². The first-order chi connectivity index (χ1) is 14.6. The van der Waals surface area contributed by atoms with E-state index < -0.39 is 5.97 Å². The molecule has 0 saturated carbocycles. The van der Waals surface area contributed by atoms with Crippen molar-refractivity contribution in [2.75, 3.05) is 20.8 Å². The summed E-state index contributed by atoms with van der Waals surface area (Å²) in [5.41, 5.74) is 3.54. The second-order valence-electron chi connectivity index (χ2n) is 7.20. The number of pyridine rings is 1. The van der Waals surface area contributed by atoms with Crippen LogP contribution in [-0.2, 0) is 17.6 Å². The van der Waals surface area contributed by atoms with Crippen molar-refractivity contribution in [3.8, 4) is 11.5 Å². The molecule has 0 atom stereocenters. The van der Waals surface area contributed by atoms with Gasteiger partial charge in [0.2, 0.25) is 5.78 Å². The molecule has 1 aromatic heterocycles. The molecule has 30 heavy (non-hydrogen) atoms. The average molecular weight is 405 g/mol. The minimum Gasteiger partial charge on any atom is -0.497 e. The lowest BCUT2D eigenvalue weighted by molar-refractivity contribution is 0.0474. The predicted molar refractivity (Wildman–Crippen MR) is 113 cm³/mol. The van der Waals surface area contributed by atoms with Crippen molar-refractivity contribution in [1.29, 1.82) is 0 Å². The van der Waals surface area contributed by atoms with Gasteiger partial charge in [0.25, 0.3) is 0 Å². The number of methoxy groups -OCH3 is 2. The highest BCUT2D eigenvalue weighted by Gasteiger charge is 2.24. The molecule has 4 rings (SSSR count). The molecular formula is C24H23NO5. The Hall–Kier alpha value is -3.41. The third-order valence-electron chi connectivity index (χ3n) is 5.42. The molecule has 0 bridgehead atoms. The number of nitrogens with zero attached hydrogens (tertiary/aromatic N) is 1. The van der Waals surface area contributed by atoms with E-state index in [1.54, 1.807) is 18.2 Å². The summed E-state index contributed by atoms with van der Waals surface area (Å²) in [6.45, 7) is -0.368. The molecule has 0 radical (unpaired) electrons. The highest BCUT2D eigenvalue weighted by Crippen LogP contribution is 2.30. The van der Waals surface area contributed by atoms with Crippen molar-refractivity contribution in [3.05, 3.63) is 64.8 Å². The number of rotatable bonds is 6. The van der Waals surface area contributed by atoms with E-state index in [9.17, 15) is 9.59 Å². The molecule has 0 N–H and O–H groups in total. The summed E-state index contributed by atoms with van der Waals surface area (Å²) in [5, 5.41) is 0.762. The van der Waals surface area contributed by atoms with Gasteiger partial charge in [0.1, 0.15) is 11.5 Å². The van der Waals surface area contributed by atoms with Gasteiger partial charge in [-0.1, -0.05) is 18.2 Å². The van der Waals surface area contributed by atoms with Crippen LogP contribution in [0.5, 0.6) is 11.5 Å². The van der Waals surface area contributed by atoms with Gasteiger partial charge in [-0.2, -0.15) is 0 Å². The number of aryl methyl sites for hydroxylation is 1. The van der Waals surface area contributed by atoms with Crippen LogP contribution >= 0.6 is 0 Å². The summed E-state index contributed by atoms with van der Waals surface area (Å²) in [6, 6.07) is 12.5. The number of fused-ring (bicyclic) bond motifs is 2. The van der Waals surface area contributed by atoms with Gasteiger partial charge in [-0.25, -0.2) is 4.79 Å². The molecule has 1 aliphatic rings. The maximum Gasteiger partial charge on any atom is 0.339 e. The maximum absolute atomic E-state index is 13.1. The predicted octanol–water partition coefficient (Wildman–Crippen LogP) is 4.17. The van der Waals surface area contributed by atoms with Gasteiger partial charge in [-0.05, 0) is 49.4 Å². The Balaban J connectivity index is 1.61. The SMILES string of the molecule is COc1ccc(C(=O)COC(=O)c2c3c(nc4ccccc24)CCCC3)c(OC)c1. The number of esters is 1. The van der Waals surface area contributed by atoms with E-state index in [4.69, 9.17) is 19.2 Å². The molecule has 154 valence electrons. The third-order valence-corrected chi connectivity index (χ3v) is 5.42. The number of hydrogen-bond acceptors (Lipinski definition) is 6. The number of para-hydroxylation sites is 1. The van der Waals surface area contributed by atoms with Gasteiger partial charge in [-0.3, -0.25) is 9.78 Å². The van der Waals surface area contributed by atoms with Gasteiger partial charge < -0.3 is 14.2 Å². The van der Waals surface area contributed by atoms with E-state index >= 15 is 0 Å². The minimum absolute atomic E-state index is 0.338. The van der Waals surface area contributed by atoms with Crippen molar-refractivity contribution in [2.45, 2.75) is 25.7 Å². The lowest BCUT2D eigenvalue weighted by Crippen LogP contribution is -2.19. The highest BCUT2D eigenvalue weighted by atomic mass is 16.5. The second-order valence-corrected chi connectivity index (χ2v) is 7.20. The standard InChI is InChI=1S/C24H23NO5/c1-28-15-11-12-18(22(13-15)29-2)21(26)14-30-24(27)23-16-7-3-5-9-19(16)25-20-10-6-4-8-17(20)23/h3,5,7,9,11-13H,4,6,8,10,14H2,1-2H3. The van der Waals surface area contributed by atoms with Crippen molar-refractivity contribution in [3.63, 3.8) is 0 Å². The molecular weight excluding hydrogens is 382 g/mol. The fourth-order valence-electron chi connectivity index (χ4n) is 3.92. The Morgan fingerprint density at radius 1 is 1.00 bits per heavy atom. The Morgan fingerprint density at radius 2 is 1.80 bits per heavy atom. The lowest BCUT2D eigenvalue weighted by Gasteiger charge is -2.20. The van der Waals surface area contributed by atoms with Gasteiger partial charge in [0, 0.05) is 17.1 Å². The Bertz CT molecular complexity index is 1120. The first kappa shape index (κ1) is 19.9. The zero-order valence-electron chi connectivity index (χ0n) is 17.1. The van der Waals surface area contributed by atoms with Crippen LogP contribution in [0.2, 0.25) is 0 Å². The molecule has 0 spiro atoms. The van der Waals surface area contributed by atoms with Crippen LogP contribution in [0.3, 0.4) is 0 Å².